The van der Waals surface area contributed by atoms with Crippen molar-refractivity contribution in [2.75, 3.05) is 24.2 Å². The van der Waals surface area contributed by atoms with Crippen molar-refractivity contribution in [2.45, 2.75) is 23.6 Å². The van der Waals surface area contributed by atoms with E-state index >= 15 is 0 Å². The number of rotatable bonds is 7. The number of hydrogen-bond acceptors (Lipinski definition) is 4. The smallest absolute Gasteiger partial charge is 0.264 e. The number of hydrogen-bond donors (Lipinski definition) is 1. The summed E-state index contributed by atoms with van der Waals surface area (Å²) in [5.41, 5.74) is 1.00. The SMILES string of the molecule is CSc1ccc(S(=O)(=O)N(C)c2ccc(C(=O)NCC(C)C)cc2)cc1. The molecule has 5 nitrogen and oxygen atoms in total. The third-order valence-electron chi connectivity index (χ3n) is 3.88. The molecule has 0 aliphatic rings. The van der Waals surface area contributed by atoms with E-state index in [0.717, 1.165) is 4.90 Å². The van der Waals surface area contributed by atoms with E-state index in [2.05, 4.69) is 5.32 Å². The van der Waals surface area contributed by atoms with Gasteiger partial charge in [-0.3, -0.25) is 9.10 Å². The van der Waals surface area contributed by atoms with E-state index in [9.17, 15) is 13.2 Å². The van der Waals surface area contributed by atoms with Crippen molar-refractivity contribution < 1.29 is 13.2 Å². The minimum Gasteiger partial charge on any atom is -0.352 e. The van der Waals surface area contributed by atoms with Crippen LogP contribution in [0.25, 0.3) is 0 Å². The molecule has 0 bridgehead atoms. The van der Waals surface area contributed by atoms with Crippen LogP contribution >= 0.6 is 11.8 Å². The molecule has 7 heteroatoms. The summed E-state index contributed by atoms with van der Waals surface area (Å²) in [7, 11) is -2.14. The summed E-state index contributed by atoms with van der Waals surface area (Å²) in [5, 5.41) is 2.84. The molecule has 0 heterocycles. The second-order valence-corrected chi connectivity index (χ2v) is 9.15. The summed E-state index contributed by atoms with van der Waals surface area (Å²) in [6.45, 7) is 4.64. The van der Waals surface area contributed by atoms with Crippen molar-refractivity contribution in [1.82, 2.24) is 5.32 Å². The third-order valence-corrected chi connectivity index (χ3v) is 6.43. The van der Waals surface area contributed by atoms with Gasteiger partial charge in [-0.25, -0.2) is 8.42 Å². The van der Waals surface area contributed by atoms with Gasteiger partial charge in [0, 0.05) is 24.1 Å². The fourth-order valence-electron chi connectivity index (χ4n) is 2.27. The zero-order chi connectivity index (χ0) is 19.3. The van der Waals surface area contributed by atoms with Gasteiger partial charge in [-0.15, -0.1) is 11.8 Å². The van der Waals surface area contributed by atoms with Crippen LogP contribution in [0.1, 0.15) is 24.2 Å². The van der Waals surface area contributed by atoms with E-state index in [-0.39, 0.29) is 10.8 Å². The van der Waals surface area contributed by atoms with Gasteiger partial charge in [0.25, 0.3) is 15.9 Å². The average Bonchev–Trinajstić information content (AvgIpc) is 2.65. The molecule has 2 aromatic rings. The molecular weight excluding hydrogens is 368 g/mol. The first kappa shape index (κ1) is 20.3. The van der Waals surface area contributed by atoms with Crippen molar-refractivity contribution in [3.05, 3.63) is 54.1 Å². The highest BCUT2D eigenvalue weighted by Gasteiger charge is 2.21. The number of nitrogens with one attached hydrogen (secondary N) is 1. The molecule has 140 valence electrons. The highest BCUT2D eigenvalue weighted by Crippen LogP contribution is 2.24. The van der Waals surface area contributed by atoms with Gasteiger partial charge in [0.2, 0.25) is 0 Å². The largest absolute Gasteiger partial charge is 0.352 e. The molecule has 0 atom stereocenters. The van der Waals surface area contributed by atoms with Crippen molar-refractivity contribution in [3.8, 4) is 0 Å². The van der Waals surface area contributed by atoms with Gasteiger partial charge in [0.1, 0.15) is 0 Å². The minimum atomic E-state index is -3.65. The molecule has 0 fully saturated rings. The zero-order valence-electron chi connectivity index (χ0n) is 15.4. The fraction of sp³-hybridized carbons (Fsp3) is 0.316. The zero-order valence-corrected chi connectivity index (χ0v) is 17.0. The molecule has 0 aromatic heterocycles. The van der Waals surface area contributed by atoms with Crippen LogP contribution in [-0.4, -0.2) is 34.2 Å². The lowest BCUT2D eigenvalue weighted by Crippen LogP contribution is -2.28. The monoisotopic (exact) mass is 392 g/mol. The first-order valence-corrected chi connectivity index (χ1v) is 10.9. The third kappa shape index (κ3) is 4.80. The van der Waals surface area contributed by atoms with Gasteiger partial charge >= 0.3 is 0 Å². The molecule has 0 spiro atoms. The Kier molecular flexibility index (Phi) is 6.72. The van der Waals surface area contributed by atoms with Gasteiger partial charge in [-0.05, 0) is 60.7 Å². The Morgan fingerprint density at radius 2 is 1.65 bits per heavy atom. The van der Waals surface area contributed by atoms with Crippen LogP contribution in [0, 0.1) is 5.92 Å². The molecule has 1 N–H and O–H groups in total. The number of anilines is 1. The number of benzene rings is 2. The van der Waals surface area contributed by atoms with Crippen LogP contribution in [-0.2, 0) is 10.0 Å². The highest BCUT2D eigenvalue weighted by molar-refractivity contribution is 7.98. The summed E-state index contributed by atoms with van der Waals surface area (Å²) in [6, 6.07) is 13.3. The Morgan fingerprint density at radius 3 is 2.15 bits per heavy atom. The lowest BCUT2D eigenvalue weighted by Gasteiger charge is -2.20. The summed E-state index contributed by atoms with van der Waals surface area (Å²) < 4.78 is 26.8. The van der Waals surface area contributed by atoms with E-state index in [1.165, 1.54) is 11.4 Å². The molecule has 2 rings (SSSR count). The summed E-state index contributed by atoms with van der Waals surface area (Å²) >= 11 is 1.56. The van der Waals surface area contributed by atoms with Crippen molar-refractivity contribution in [3.63, 3.8) is 0 Å². The second-order valence-electron chi connectivity index (χ2n) is 6.30. The Bertz CT molecular complexity index is 845. The molecule has 0 unspecified atom stereocenters. The van der Waals surface area contributed by atoms with Gasteiger partial charge in [0.05, 0.1) is 10.6 Å². The van der Waals surface area contributed by atoms with Crippen LogP contribution in [0.3, 0.4) is 0 Å². The van der Waals surface area contributed by atoms with Crippen LogP contribution < -0.4 is 9.62 Å². The predicted molar refractivity (Wildman–Crippen MR) is 107 cm³/mol. The van der Waals surface area contributed by atoms with Crippen LogP contribution in [0.5, 0.6) is 0 Å². The number of sulfonamides is 1. The van der Waals surface area contributed by atoms with E-state index in [1.54, 1.807) is 60.3 Å². The molecule has 0 saturated heterocycles. The molecule has 1 amide bonds. The number of nitrogens with zero attached hydrogens (tertiary/aromatic N) is 1. The molecule has 0 radical (unpaired) electrons. The summed E-state index contributed by atoms with van der Waals surface area (Å²) in [6.07, 6.45) is 1.94. The van der Waals surface area contributed by atoms with E-state index < -0.39 is 10.0 Å². The molecule has 0 aliphatic heterocycles. The van der Waals surface area contributed by atoms with Crippen LogP contribution in [0.15, 0.2) is 58.3 Å². The quantitative estimate of drug-likeness (QED) is 0.731. The predicted octanol–water partition coefficient (Wildman–Crippen LogP) is 3.62. The number of amides is 1. The number of carbonyl (C=O) groups excluding carboxylic acids is 1. The average molecular weight is 393 g/mol. The second kappa shape index (κ2) is 8.60. The molecule has 0 saturated carbocycles. The highest BCUT2D eigenvalue weighted by atomic mass is 32.2. The lowest BCUT2D eigenvalue weighted by atomic mass is 10.1. The van der Waals surface area contributed by atoms with E-state index in [4.69, 9.17) is 0 Å². The first-order valence-electron chi connectivity index (χ1n) is 8.27. The van der Waals surface area contributed by atoms with E-state index in [1.807, 2.05) is 20.1 Å². The lowest BCUT2D eigenvalue weighted by molar-refractivity contribution is 0.0949. The van der Waals surface area contributed by atoms with Gasteiger partial charge in [0.15, 0.2) is 0 Å². The van der Waals surface area contributed by atoms with Crippen LogP contribution in [0.4, 0.5) is 5.69 Å². The minimum absolute atomic E-state index is 0.164. The molecular formula is C19H24N2O3S2. The van der Waals surface area contributed by atoms with Gasteiger partial charge in [-0.1, -0.05) is 13.8 Å². The number of carbonyl (C=O) groups is 1. The van der Waals surface area contributed by atoms with Crippen molar-refractivity contribution in [2.24, 2.45) is 5.92 Å². The Morgan fingerprint density at radius 1 is 1.08 bits per heavy atom. The van der Waals surface area contributed by atoms with Crippen LogP contribution in [0.2, 0.25) is 0 Å². The maximum Gasteiger partial charge on any atom is 0.264 e. The molecule has 2 aromatic carbocycles. The Labute approximate surface area is 159 Å². The van der Waals surface area contributed by atoms with Crippen molar-refractivity contribution >= 4 is 33.4 Å². The Hall–Kier alpha value is -1.99. The fourth-order valence-corrected chi connectivity index (χ4v) is 3.87. The molecule has 26 heavy (non-hydrogen) atoms. The van der Waals surface area contributed by atoms with E-state index in [0.29, 0.717) is 23.7 Å². The normalized spacial score (nSPS) is 11.4. The molecule has 0 aliphatic carbocycles. The summed E-state index contributed by atoms with van der Waals surface area (Å²) in [4.78, 5) is 13.3. The Balaban J connectivity index is 2.17. The summed E-state index contributed by atoms with van der Waals surface area (Å²) in [5.74, 6) is 0.204. The number of thioether (sulfide) groups is 1. The maximum absolute atomic E-state index is 12.8. The maximum atomic E-state index is 12.8. The standard InChI is InChI=1S/C19H24N2O3S2/c1-14(2)13-20-19(22)15-5-7-16(8-6-15)21(3)26(23,24)18-11-9-17(25-4)10-12-18/h5-12,14H,13H2,1-4H3,(H,20,22). The first-order chi connectivity index (χ1) is 12.3. The van der Waals surface area contributed by atoms with Crippen molar-refractivity contribution in [1.29, 1.82) is 0 Å². The van der Waals surface area contributed by atoms with Gasteiger partial charge in [-0.2, -0.15) is 0 Å². The topological polar surface area (TPSA) is 66.5 Å². The van der Waals surface area contributed by atoms with Gasteiger partial charge < -0.3 is 5.32 Å².